The molecule has 0 unspecified atom stereocenters. The standard InChI is InChI=1S/C24H17BrClN3O4S/c1-12-9-14(13(2)28(12)17-7-8-20(26)18(11-17)23(32)33)10-19-21(30)27-24(34)29(22(19)31)16-5-3-15(25)4-6-16/h3-11H,1-2H3,(H,32,33)(H,27,30,34)/b19-10+. The van der Waals surface area contributed by atoms with Gasteiger partial charge in [-0.2, -0.15) is 0 Å². The van der Waals surface area contributed by atoms with Crippen molar-refractivity contribution >= 4 is 74.4 Å². The third kappa shape index (κ3) is 4.29. The van der Waals surface area contributed by atoms with Gasteiger partial charge in [-0.15, -0.1) is 0 Å². The molecule has 1 saturated heterocycles. The van der Waals surface area contributed by atoms with Crippen LogP contribution in [0.3, 0.4) is 0 Å². The van der Waals surface area contributed by atoms with Crippen molar-refractivity contribution in [3.63, 3.8) is 0 Å². The van der Waals surface area contributed by atoms with Crippen LogP contribution in [0.25, 0.3) is 11.8 Å². The zero-order valence-corrected chi connectivity index (χ0v) is 21.1. The fourth-order valence-corrected chi connectivity index (χ4v) is 4.53. The molecular weight excluding hydrogens is 542 g/mol. The van der Waals surface area contributed by atoms with Gasteiger partial charge in [0, 0.05) is 21.5 Å². The molecule has 0 aliphatic carbocycles. The predicted molar refractivity (Wildman–Crippen MR) is 138 cm³/mol. The Morgan fingerprint density at radius 3 is 2.38 bits per heavy atom. The number of hydrogen-bond acceptors (Lipinski definition) is 4. The molecule has 0 saturated carbocycles. The highest BCUT2D eigenvalue weighted by atomic mass is 79.9. The van der Waals surface area contributed by atoms with Gasteiger partial charge in [0.05, 0.1) is 16.3 Å². The van der Waals surface area contributed by atoms with Gasteiger partial charge in [-0.3, -0.25) is 19.8 Å². The van der Waals surface area contributed by atoms with E-state index < -0.39 is 17.8 Å². The number of thiocarbonyl (C=S) groups is 1. The van der Waals surface area contributed by atoms with Crippen LogP contribution in [0.2, 0.25) is 5.02 Å². The summed E-state index contributed by atoms with van der Waals surface area (Å²) < 4.78 is 2.67. The van der Waals surface area contributed by atoms with E-state index in [1.54, 1.807) is 30.3 Å². The minimum atomic E-state index is -1.13. The topological polar surface area (TPSA) is 91.6 Å². The molecule has 2 amide bonds. The number of carboxylic acid groups (broad SMARTS) is 1. The molecule has 10 heteroatoms. The van der Waals surface area contributed by atoms with Crippen LogP contribution >= 0.6 is 39.7 Å². The van der Waals surface area contributed by atoms with Crippen LogP contribution < -0.4 is 10.2 Å². The molecule has 3 aromatic rings. The largest absolute Gasteiger partial charge is 0.478 e. The fraction of sp³-hybridized carbons (Fsp3) is 0.0833. The first-order chi connectivity index (χ1) is 16.1. The third-order valence-corrected chi connectivity index (χ3v) is 6.54. The minimum Gasteiger partial charge on any atom is -0.478 e. The lowest BCUT2D eigenvalue weighted by molar-refractivity contribution is -0.122. The van der Waals surface area contributed by atoms with Gasteiger partial charge in [-0.25, -0.2) is 4.79 Å². The van der Waals surface area contributed by atoms with E-state index in [1.165, 1.54) is 23.1 Å². The van der Waals surface area contributed by atoms with E-state index >= 15 is 0 Å². The van der Waals surface area contributed by atoms with Gasteiger partial charge in [-0.1, -0.05) is 27.5 Å². The molecule has 0 bridgehead atoms. The van der Waals surface area contributed by atoms with Crippen LogP contribution in [0.1, 0.15) is 27.3 Å². The van der Waals surface area contributed by atoms with Gasteiger partial charge in [0.2, 0.25) is 0 Å². The number of nitrogens with zero attached hydrogens (tertiary/aromatic N) is 2. The lowest BCUT2D eigenvalue weighted by atomic mass is 10.1. The van der Waals surface area contributed by atoms with Gasteiger partial charge in [-0.05, 0) is 86.2 Å². The average molecular weight is 559 g/mol. The number of aryl methyl sites for hydroxylation is 1. The molecular formula is C24H17BrClN3O4S. The van der Waals surface area contributed by atoms with Gasteiger partial charge < -0.3 is 9.67 Å². The second-order valence-corrected chi connectivity index (χ2v) is 9.28. The lowest BCUT2D eigenvalue weighted by Crippen LogP contribution is -2.54. The average Bonchev–Trinajstić information content (AvgIpc) is 3.05. The summed E-state index contributed by atoms with van der Waals surface area (Å²) in [4.78, 5) is 38.7. The summed E-state index contributed by atoms with van der Waals surface area (Å²) >= 11 is 14.6. The van der Waals surface area contributed by atoms with Crippen molar-refractivity contribution in [2.75, 3.05) is 4.90 Å². The predicted octanol–water partition coefficient (Wildman–Crippen LogP) is 5.04. The number of hydrogen-bond donors (Lipinski definition) is 2. The van der Waals surface area contributed by atoms with Gasteiger partial charge in [0.1, 0.15) is 5.57 Å². The molecule has 1 aliphatic rings. The molecule has 4 rings (SSSR count). The molecule has 2 heterocycles. The Balaban J connectivity index is 1.77. The van der Waals surface area contributed by atoms with Crippen molar-refractivity contribution in [3.8, 4) is 5.69 Å². The summed E-state index contributed by atoms with van der Waals surface area (Å²) in [5.74, 6) is -2.27. The van der Waals surface area contributed by atoms with Crippen molar-refractivity contribution in [1.29, 1.82) is 0 Å². The van der Waals surface area contributed by atoms with Crippen LogP contribution in [0, 0.1) is 13.8 Å². The maximum Gasteiger partial charge on any atom is 0.337 e. The second-order valence-electron chi connectivity index (χ2n) is 7.57. The summed E-state index contributed by atoms with van der Waals surface area (Å²) in [6.45, 7) is 3.66. The molecule has 2 N–H and O–H groups in total. The number of nitrogens with one attached hydrogen (secondary N) is 1. The Morgan fingerprint density at radius 1 is 1.09 bits per heavy atom. The van der Waals surface area contributed by atoms with Crippen molar-refractivity contribution < 1.29 is 19.5 Å². The number of benzene rings is 2. The highest BCUT2D eigenvalue weighted by Crippen LogP contribution is 2.28. The van der Waals surface area contributed by atoms with E-state index in [0.29, 0.717) is 22.6 Å². The second kappa shape index (κ2) is 9.17. The molecule has 7 nitrogen and oxygen atoms in total. The third-order valence-electron chi connectivity index (χ3n) is 5.40. The van der Waals surface area contributed by atoms with Gasteiger partial charge >= 0.3 is 5.97 Å². The van der Waals surface area contributed by atoms with E-state index in [9.17, 15) is 19.5 Å². The summed E-state index contributed by atoms with van der Waals surface area (Å²) in [5.41, 5.74) is 3.16. The van der Waals surface area contributed by atoms with Crippen LogP contribution in [-0.2, 0) is 9.59 Å². The zero-order chi connectivity index (χ0) is 24.7. The van der Waals surface area contributed by atoms with Crippen LogP contribution in [-0.4, -0.2) is 32.6 Å². The summed E-state index contributed by atoms with van der Waals surface area (Å²) in [6, 6.07) is 13.5. The van der Waals surface area contributed by atoms with Crippen molar-refractivity contribution in [1.82, 2.24) is 9.88 Å². The van der Waals surface area contributed by atoms with Crippen LogP contribution in [0.15, 0.2) is 58.6 Å². The zero-order valence-electron chi connectivity index (χ0n) is 17.9. The first kappa shape index (κ1) is 23.9. The quantitative estimate of drug-likeness (QED) is 0.266. The van der Waals surface area contributed by atoms with E-state index in [2.05, 4.69) is 21.2 Å². The SMILES string of the molecule is Cc1cc(/C=C2\C(=O)NC(=S)N(c3ccc(Br)cc3)C2=O)c(C)n1-c1ccc(Cl)c(C(=O)O)c1. The number of aromatic nitrogens is 1. The van der Waals surface area contributed by atoms with Crippen LogP contribution in [0.4, 0.5) is 5.69 Å². The van der Waals surface area contributed by atoms with Crippen LogP contribution in [0.5, 0.6) is 0 Å². The number of aromatic carboxylic acids is 1. The first-order valence-electron chi connectivity index (χ1n) is 9.97. The lowest BCUT2D eigenvalue weighted by Gasteiger charge is -2.29. The van der Waals surface area contributed by atoms with E-state index in [1.807, 2.05) is 24.5 Å². The fourth-order valence-electron chi connectivity index (χ4n) is 3.78. The Hall–Kier alpha value is -3.27. The maximum atomic E-state index is 13.3. The minimum absolute atomic E-state index is 0.00214. The van der Waals surface area contributed by atoms with E-state index in [0.717, 1.165) is 10.2 Å². The summed E-state index contributed by atoms with van der Waals surface area (Å²) in [6.07, 6.45) is 1.51. The Labute approximate surface area is 213 Å². The highest BCUT2D eigenvalue weighted by molar-refractivity contribution is 9.10. The van der Waals surface area contributed by atoms with E-state index in [-0.39, 0.29) is 21.3 Å². The van der Waals surface area contributed by atoms with E-state index in [4.69, 9.17) is 23.8 Å². The van der Waals surface area contributed by atoms with Gasteiger partial charge in [0.15, 0.2) is 5.11 Å². The van der Waals surface area contributed by atoms with Crippen molar-refractivity contribution in [3.05, 3.63) is 86.1 Å². The number of carbonyl (C=O) groups excluding carboxylic acids is 2. The number of amides is 2. The van der Waals surface area contributed by atoms with Crippen molar-refractivity contribution in [2.24, 2.45) is 0 Å². The van der Waals surface area contributed by atoms with Crippen molar-refractivity contribution in [2.45, 2.75) is 13.8 Å². The molecule has 0 spiro atoms. The summed E-state index contributed by atoms with van der Waals surface area (Å²) in [5, 5.41) is 12.1. The molecule has 1 aliphatic heterocycles. The van der Waals surface area contributed by atoms with Gasteiger partial charge in [0.25, 0.3) is 11.8 Å². The molecule has 0 atom stereocenters. The maximum absolute atomic E-state index is 13.3. The Bertz CT molecular complexity index is 1410. The molecule has 1 fully saturated rings. The molecule has 34 heavy (non-hydrogen) atoms. The number of anilines is 1. The Kier molecular flexibility index (Phi) is 6.44. The smallest absolute Gasteiger partial charge is 0.337 e. The number of carboxylic acids is 1. The molecule has 1 aromatic heterocycles. The normalized spacial score (nSPS) is 15.1. The number of rotatable bonds is 4. The first-order valence-corrected chi connectivity index (χ1v) is 11.6. The molecule has 172 valence electrons. The number of halogens is 2. The Morgan fingerprint density at radius 2 is 1.74 bits per heavy atom. The molecule has 2 aromatic carbocycles. The summed E-state index contributed by atoms with van der Waals surface area (Å²) in [7, 11) is 0. The highest BCUT2D eigenvalue weighted by Gasteiger charge is 2.34. The number of carbonyl (C=O) groups is 3. The molecule has 0 radical (unpaired) electrons. The monoisotopic (exact) mass is 557 g/mol.